The second-order valence-electron chi connectivity index (χ2n) is 15.8. The van der Waals surface area contributed by atoms with E-state index in [1.807, 2.05) is 6.08 Å². The van der Waals surface area contributed by atoms with E-state index in [9.17, 15) is 0 Å². The van der Waals surface area contributed by atoms with Crippen molar-refractivity contribution in [2.24, 2.45) is 0 Å². The minimum Gasteiger partial charge on any atom is -0.354 e. The van der Waals surface area contributed by atoms with Crippen molar-refractivity contribution >= 4 is 46.4 Å². The molecule has 8 bridgehead atoms. The van der Waals surface area contributed by atoms with Crippen LogP contribution in [0.4, 0.5) is 0 Å². The number of fused-ring (bicyclic) bond motifs is 8. The summed E-state index contributed by atoms with van der Waals surface area (Å²) in [5.41, 5.74) is 24.3. The smallest absolute Gasteiger partial charge is 0.0737 e. The van der Waals surface area contributed by atoms with Crippen molar-refractivity contribution in [2.45, 2.75) is 60.3 Å². The van der Waals surface area contributed by atoms with E-state index in [1.54, 1.807) is 0 Å². The number of nitrogens with one attached hydrogen (secondary N) is 2. The van der Waals surface area contributed by atoms with Crippen LogP contribution >= 0.6 is 0 Å². The highest BCUT2D eigenvalue weighted by Crippen LogP contribution is 2.41. The predicted molar refractivity (Wildman–Crippen MR) is 252 cm³/mol. The van der Waals surface area contributed by atoms with E-state index < -0.39 is 0 Å². The van der Waals surface area contributed by atoms with E-state index >= 15 is 0 Å². The van der Waals surface area contributed by atoms with Gasteiger partial charge in [0.15, 0.2) is 0 Å². The number of hydrogen-bond acceptors (Lipinski definition) is 2. The second-order valence-corrected chi connectivity index (χ2v) is 15.8. The highest BCUT2D eigenvalue weighted by Gasteiger charge is 2.21. The molecule has 4 aromatic carbocycles. The number of aromatic amines is 2. The van der Waals surface area contributed by atoms with Gasteiger partial charge in [-0.05, 0) is 133 Å². The van der Waals surface area contributed by atoms with Crippen LogP contribution in [-0.4, -0.2) is 19.9 Å². The summed E-state index contributed by atoms with van der Waals surface area (Å²) in [5.74, 6) is 0. The first-order valence-corrected chi connectivity index (χ1v) is 21.0. The number of benzene rings is 4. The molecule has 7 aromatic rings. The molecular formula is C55H50N4. The Morgan fingerprint density at radius 1 is 0.441 bits per heavy atom. The van der Waals surface area contributed by atoms with Crippen molar-refractivity contribution in [3.05, 3.63) is 178 Å². The zero-order valence-corrected chi connectivity index (χ0v) is 34.7. The lowest BCUT2D eigenvalue weighted by molar-refractivity contribution is 1.05. The van der Waals surface area contributed by atoms with E-state index in [0.717, 1.165) is 109 Å². The van der Waals surface area contributed by atoms with E-state index in [-0.39, 0.29) is 0 Å². The zero-order chi connectivity index (χ0) is 40.6. The summed E-state index contributed by atoms with van der Waals surface area (Å²) in [4.78, 5) is 19.0. The van der Waals surface area contributed by atoms with Crippen molar-refractivity contribution in [1.82, 2.24) is 19.9 Å². The summed E-state index contributed by atoms with van der Waals surface area (Å²) in [5, 5.41) is 0. The third-order valence-electron chi connectivity index (χ3n) is 11.8. The summed E-state index contributed by atoms with van der Waals surface area (Å²) in [6.45, 7) is 15.0. The lowest BCUT2D eigenvalue weighted by Gasteiger charge is -2.17. The average molecular weight is 767 g/mol. The Labute approximate surface area is 347 Å². The van der Waals surface area contributed by atoms with E-state index in [1.165, 1.54) is 38.9 Å². The van der Waals surface area contributed by atoms with Crippen LogP contribution in [0.2, 0.25) is 0 Å². The highest BCUT2D eigenvalue weighted by molar-refractivity contribution is 6.00. The molecule has 2 aliphatic rings. The van der Waals surface area contributed by atoms with Crippen LogP contribution in [0.1, 0.15) is 76.9 Å². The number of aromatic nitrogens is 4. The Morgan fingerprint density at radius 3 is 1.19 bits per heavy atom. The van der Waals surface area contributed by atoms with Crippen LogP contribution in [0.15, 0.2) is 122 Å². The van der Waals surface area contributed by atoms with Crippen molar-refractivity contribution < 1.29 is 0 Å². The summed E-state index contributed by atoms with van der Waals surface area (Å²) < 4.78 is 0. The van der Waals surface area contributed by atoms with Gasteiger partial charge in [-0.15, -0.1) is 6.58 Å². The van der Waals surface area contributed by atoms with Crippen LogP contribution < -0.4 is 0 Å². The minimum atomic E-state index is 0.820. The fraction of sp³-hybridized carbons (Fsp3) is 0.164. The van der Waals surface area contributed by atoms with Gasteiger partial charge in [-0.3, -0.25) is 0 Å². The molecule has 0 unspecified atom stereocenters. The van der Waals surface area contributed by atoms with E-state index in [4.69, 9.17) is 9.97 Å². The Kier molecular flexibility index (Phi) is 10.2. The SMILES string of the molecule is C=CCc1ccc(-c2c3nc(c(-c4ccc(C)cc4)c4ccc([nH]4)c(-c4c(CC)cc(CC)cc4CC)c4nc(c(-c5ccc(C)cc5)c5ccc2[nH]5)C=C4)C=C3)cc1. The molecule has 0 saturated carbocycles. The molecule has 2 aliphatic heterocycles. The van der Waals surface area contributed by atoms with E-state index in [0.29, 0.717) is 0 Å². The molecule has 4 nitrogen and oxygen atoms in total. The van der Waals surface area contributed by atoms with Crippen LogP contribution in [-0.2, 0) is 25.7 Å². The van der Waals surface area contributed by atoms with Crippen molar-refractivity contribution in [3.8, 4) is 44.5 Å². The van der Waals surface area contributed by atoms with Gasteiger partial charge in [0.1, 0.15) is 0 Å². The second kappa shape index (κ2) is 15.9. The van der Waals surface area contributed by atoms with Gasteiger partial charge in [0.2, 0.25) is 0 Å². The first-order chi connectivity index (χ1) is 28.8. The molecule has 9 rings (SSSR count). The van der Waals surface area contributed by atoms with Crippen LogP contribution in [0.5, 0.6) is 0 Å². The molecule has 59 heavy (non-hydrogen) atoms. The summed E-state index contributed by atoms with van der Waals surface area (Å²) in [6.07, 6.45) is 14.4. The largest absolute Gasteiger partial charge is 0.354 e. The number of nitrogens with zero attached hydrogens (tertiary/aromatic N) is 2. The van der Waals surface area contributed by atoms with Gasteiger partial charge in [-0.25, -0.2) is 9.97 Å². The van der Waals surface area contributed by atoms with Gasteiger partial charge < -0.3 is 9.97 Å². The Balaban J connectivity index is 1.47. The molecule has 4 heteroatoms. The van der Waals surface area contributed by atoms with E-state index in [2.05, 4.69) is 185 Å². The first-order valence-electron chi connectivity index (χ1n) is 21.0. The zero-order valence-electron chi connectivity index (χ0n) is 34.7. The highest BCUT2D eigenvalue weighted by atomic mass is 14.8. The fourth-order valence-corrected chi connectivity index (χ4v) is 8.72. The molecular weight excluding hydrogens is 717 g/mol. The Bertz CT molecular complexity index is 2900. The van der Waals surface area contributed by atoms with Gasteiger partial charge in [-0.2, -0.15) is 0 Å². The molecule has 0 radical (unpaired) electrons. The molecule has 0 fully saturated rings. The molecule has 0 atom stereocenters. The van der Waals surface area contributed by atoms with Gasteiger partial charge in [-0.1, -0.05) is 123 Å². The molecule has 0 aliphatic carbocycles. The van der Waals surface area contributed by atoms with Gasteiger partial charge >= 0.3 is 0 Å². The summed E-state index contributed by atoms with van der Waals surface area (Å²) in [6, 6.07) is 40.0. The fourth-order valence-electron chi connectivity index (χ4n) is 8.72. The number of rotatable bonds is 9. The third-order valence-corrected chi connectivity index (χ3v) is 11.8. The number of H-pyrrole nitrogens is 2. The summed E-state index contributed by atoms with van der Waals surface area (Å²) in [7, 11) is 0. The lowest BCUT2D eigenvalue weighted by atomic mass is 9.88. The van der Waals surface area contributed by atoms with Gasteiger partial charge in [0.25, 0.3) is 0 Å². The molecule has 5 heterocycles. The average Bonchev–Trinajstić information content (AvgIpc) is 4.11. The van der Waals surface area contributed by atoms with Gasteiger partial charge in [0, 0.05) is 44.3 Å². The normalized spacial score (nSPS) is 12.0. The molecule has 0 saturated heterocycles. The minimum absolute atomic E-state index is 0.820. The first kappa shape index (κ1) is 37.8. The molecule has 3 aromatic heterocycles. The molecule has 2 N–H and O–H groups in total. The number of aryl methyl sites for hydroxylation is 5. The maximum atomic E-state index is 5.59. The maximum absolute atomic E-state index is 5.59. The lowest BCUT2D eigenvalue weighted by Crippen LogP contribution is -1.99. The van der Waals surface area contributed by atoms with Crippen LogP contribution in [0.3, 0.4) is 0 Å². The third kappa shape index (κ3) is 7.10. The van der Waals surface area contributed by atoms with Crippen LogP contribution in [0, 0.1) is 13.8 Å². The quantitative estimate of drug-likeness (QED) is 0.144. The standard InChI is InChI=1S/C55H50N4/c1-7-11-37-16-22-42(23-17-37)54-45-26-24-43(56-45)52(40-18-12-34(5)13-19-40)47-28-30-49(58-47)55(51-38(9-3)32-36(8-2)33-39(51)10-4)50-31-29-48(59-50)53(44-25-27-46(54)57-44)41-20-14-35(6)15-21-41/h7,12-33,56,59H,1,8-11H2,2-6H3. The van der Waals surface area contributed by atoms with Gasteiger partial charge in [0.05, 0.1) is 22.8 Å². The van der Waals surface area contributed by atoms with Crippen LogP contribution in [0.25, 0.3) is 90.9 Å². The molecule has 290 valence electrons. The Hall–Kier alpha value is -6.78. The molecule has 0 spiro atoms. The number of allylic oxidation sites excluding steroid dienone is 1. The molecule has 0 amide bonds. The van der Waals surface area contributed by atoms with Crippen molar-refractivity contribution in [3.63, 3.8) is 0 Å². The van der Waals surface area contributed by atoms with Crippen molar-refractivity contribution in [1.29, 1.82) is 0 Å². The number of hydrogen-bond donors (Lipinski definition) is 2. The van der Waals surface area contributed by atoms with Crippen molar-refractivity contribution in [2.75, 3.05) is 0 Å². The summed E-state index contributed by atoms with van der Waals surface area (Å²) >= 11 is 0. The maximum Gasteiger partial charge on any atom is 0.0737 e. The Morgan fingerprint density at radius 2 is 0.814 bits per heavy atom. The predicted octanol–water partition coefficient (Wildman–Crippen LogP) is 14.4. The topological polar surface area (TPSA) is 57.4 Å². The monoisotopic (exact) mass is 766 g/mol.